The normalized spacial score (nSPS) is 12.1. The number of rotatable bonds is 7. The third-order valence-corrected chi connectivity index (χ3v) is 2.72. The molecule has 1 unspecified atom stereocenters. The molecule has 2 rings (SSSR count). The Kier molecular flexibility index (Phi) is 4.75. The van der Waals surface area contributed by atoms with Crippen LogP contribution < -0.4 is 15.8 Å². The van der Waals surface area contributed by atoms with E-state index in [-0.39, 0.29) is 6.04 Å². The van der Waals surface area contributed by atoms with Crippen molar-refractivity contribution in [2.24, 2.45) is 0 Å². The molecular formula is C13H20N6O. The maximum atomic E-state index is 6.01. The van der Waals surface area contributed by atoms with Crippen LogP contribution in [-0.4, -0.2) is 32.2 Å². The van der Waals surface area contributed by atoms with Crippen LogP contribution in [0.4, 0.5) is 11.5 Å². The molecule has 2 aromatic heterocycles. The van der Waals surface area contributed by atoms with E-state index in [2.05, 4.69) is 20.3 Å². The fraction of sp³-hybridized carbons (Fsp3) is 0.462. The van der Waals surface area contributed by atoms with Crippen LogP contribution in [-0.2, 0) is 6.54 Å². The molecule has 0 aliphatic rings. The monoisotopic (exact) mass is 276 g/mol. The molecule has 0 spiro atoms. The Morgan fingerprint density at radius 1 is 1.45 bits per heavy atom. The Bertz CT molecular complexity index is 528. The van der Waals surface area contributed by atoms with Gasteiger partial charge in [0.1, 0.15) is 12.0 Å². The van der Waals surface area contributed by atoms with Gasteiger partial charge in [-0.1, -0.05) is 6.92 Å². The van der Waals surface area contributed by atoms with Crippen molar-refractivity contribution in [2.45, 2.75) is 32.9 Å². The van der Waals surface area contributed by atoms with E-state index in [1.807, 2.05) is 24.6 Å². The standard InChI is InChI=1S/C13H20N6O/c1-3-6-20-13-11(14)12(16-8-17-13)18-10(2)7-19-5-4-15-9-19/h4-5,8-10H,3,6-7,14H2,1-2H3,(H,16,17,18). The van der Waals surface area contributed by atoms with Crippen molar-refractivity contribution in [3.63, 3.8) is 0 Å². The first-order chi connectivity index (χ1) is 9.70. The maximum absolute atomic E-state index is 6.01. The zero-order valence-corrected chi connectivity index (χ0v) is 11.8. The van der Waals surface area contributed by atoms with E-state index in [0.29, 0.717) is 24.0 Å². The maximum Gasteiger partial charge on any atom is 0.242 e. The minimum absolute atomic E-state index is 0.153. The molecule has 0 radical (unpaired) electrons. The molecule has 7 heteroatoms. The molecule has 1 atom stereocenters. The Balaban J connectivity index is 2.01. The second-order valence-electron chi connectivity index (χ2n) is 4.59. The average molecular weight is 276 g/mol. The molecule has 0 saturated heterocycles. The van der Waals surface area contributed by atoms with Gasteiger partial charge in [-0.15, -0.1) is 0 Å². The number of nitrogens with two attached hydrogens (primary N) is 1. The van der Waals surface area contributed by atoms with Crippen molar-refractivity contribution < 1.29 is 4.74 Å². The first-order valence-electron chi connectivity index (χ1n) is 6.66. The Morgan fingerprint density at radius 2 is 2.30 bits per heavy atom. The number of hydrogen-bond acceptors (Lipinski definition) is 6. The molecule has 7 nitrogen and oxygen atoms in total. The van der Waals surface area contributed by atoms with Gasteiger partial charge < -0.3 is 20.4 Å². The average Bonchev–Trinajstić information content (AvgIpc) is 2.92. The summed E-state index contributed by atoms with van der Waals surface area (Å²) in [5.41, 5.74) is 6.46. The number of imidazole rings is 1. The Hall–Kier alpha value is -2.31. The van der Waals surface area contributed by atoms with Gasteiger partial charge in [0.05, 0.1) is 12.9 Å². The van der Waals surface area contributed by atoms with E-state index in [9.17, 15) is 0 Å². The fourth-order valence-corrected chi connectivity index (χ4v) is 1.80. The lowest BCUT2D eigenvalue weighted by molar-refractivity contribution is 0.306. The number of anilines is 2. The lowest BCUT2D eigenvalue weighted by atomic mass is 10.3. The molecule has 0 aliphatic heterocycles. The molecule has 0 aliphatic carbocycles. The van der Waals surface area contributed by atoms with Gasteiger partial charge in [-0.05, 0) is 13.3 Å². The highest BCUT2D eigenvalue weighted by Gasteiger charge is 2.11. The van der Waals surface area contributed by atoms with Gasteiger partial charge in [0.2, 0.25) is 5.88 Å². The third kappa shape index (κ3) is 3.59. The van der Waals surface area contributed by atoms with Crippen LogP contribution in [0.3, 0.4) is 0 Å². The van der Waals surface area contributed by atoms with E-state index in [0.717, 1.165) is 13.0 Å². The van der Waals surface area contributed by atoms with E-state index in [1.54, 1.807) is 12.5 Å². The van der Waals surface area contributed by atoms with Crippen molar-refractivity contribution in [1.29, 1.82) is 0 Å². The minimum Gasteiger partial charge on any atom is -0.476 e. The molecule has 0 bridgehead atoms. The van der Waals surface area contributed by atoms with Gasteiger partial charge in [-0.2, -0.15) is 4.98 Å². The summed E-state index contributed by atoms with van der Waals surface area (Å²) < 4.78 is 7.47. The number of nitrogens with zero attached hydrogens (tertiary/aromatic N) is 4. The molecule has 0 saturated carbocycles. The van der Waals surface area contributed by atoms with Crippen LogP contribution in [0.5, 0.6) is 5.88 Å². The SMILES string of the molecule is CCCOc1ncnc(NC(C)Cn2ccnc2)c1N. The largest absolute Gasteiger partial charge is 0.476 e. The van der Waals surface area contributed by atoms with Crippen LogP contribution in [0, 0.1) is 0 Å². The lowest BCUT2D eigenvalue weighted by Crippen LogP contribution is -2.23. The molecular weight excluding hydrogens is 256 g/mol. The molecule has 20 heavy (non-hydrogen) atoms. The summed E-state index contributed by atoms with van der Waals surface area (Å²) in [7, 11) is 0. The third-order valence-electron chi connectivity index (χ3n) is 2.72. The second kappa shape index (κ2) is 6.74. The van der Waals surface area contributed by atoms with Crippen LogP contribution in [0.25, 0.3) is 0 Å². The summed E-state index contributed by atoms with van der Waals surface area (Å²) in [6, 6.07) is 0.153. The fourth-order valence-electron chi connectivity index (χ4n) is 1.80. The van der Waals surface area contributed by atoms with Crippen LogP contribution >= 0.6 is 0 Å². The Morgan fingerprint density at radius 3 is 3.00 bits per heavy atom. The number of nitrogens with one attached hydrogen (secondary N) is 1. The van der Waals surface area contributed by atoms with Gasteiger partial charge in [0.25, 0.3) is 0 Å². The lowest BCUT2D eigenvalue weighted by Gasteiger charge is -2.17. The quantitative estimate of drug-likeness (QED) is 0.797. The number of aromatic nitrogens is 4. The van der Waals surface area contributed by atoms with Gasteiger partial charge >= 0.3 is 0 Å². The van der Waals surface area contributed by atoms with E-state index >= 15 is 0 Å². The first kappa shape index (κ1) is 14.1. The zero-order chi connectivity index (χ0) is 14.4. The summed E-state index contributed by atoms with van der Waals surface area (Å²) in [6.45, 7) is 5.44. The van der Waals surface area contributed by atoms with Gasteiger partial charge in [-0.25, -0.2) is 9.97 Å². The van der Waals surface area contributed by atoms with Crippen LogP contribution in [0.2, 0.25) is 0 Å². The first-order valence-corrected chi connectivity index (χ1v) is 6.66. The highest BCUT2D eigenvalue weighted by molar-refractivity contribution is 5.66. The summed E-state index contributed by atoms with van der Waals surface area (Å²) in [4.78, 5) is 12.2. The van der Waals surface area contributed by atoms with E-state index in [4.69, 9.17) is 10.5 Å². The van der Waals surface area contributed by atoms with Gasteiger partial charge in [0.15, 0.2) is 5.82 Å². The molecule has 2 heterocycles. The number of hydrogen-bond donors (Lipinski definition) is 2. The second-order valence-corrected chi connectivity index (χ2v) is 4.59. The predicted octanol–water partition coefficient (Wildman–Crippen LogP) is 1.54. The van der Waals surface area contributed by atoms with E-state index < -0.39 is 0 Å². The summed E-state index contributed by atoms with van der Waals surface area (Å²) in [6.07, 6.45) is 7.80. The molecule has 3 N–H and O–H groups in total. The van der Waals surface area contributed by atoms with Crippen molar-refractivity contribution in [3.05, 3.63) is 25.0 Å². The zero-order valence-electron chi connectivity index (χ0n) is 11.8. The number of nitrogen functional groups attached to an aromatic ring is 1. The highest BCUT2D eigenvalue weighted by Crippen LogP contribution is 2.25. The van der Waals surface area contributed by atoms with Crippen LogP contribution in [0.15, 0.2) is 25.0 Å². The van der Waals surface area contributed by atoms with Gasteiger partial charge in [-0.3, -0.25) is 0 Å². The molecule has 2 aromatic rings. The minimum atomic E-state index is 0.153. The highest BCUT2D eigenvalue weighted by atomic mass is 16.5. The Labute approximate surface area is 118 Å². The van der Waals surface area contributed by atoms with Crippen molar-refractivity contribution in [3.8, 4) is 5.88 Å². The topological polar surface area (TPSA) is 90.9 Å². The summed E-state index contributed by atoms with van der Waals surface area (Å²) in [5.74, 6) is 1.03. The smallest absolute Gasteiger partial charge is 0.242 e. The van der Waals surface area contributed by atoms with Crippen LogP contribution in [0.1, 0.15) is 20.3 Å². The molecule has 0 amide bonds. The van der Waals surface area contributed by atoms with Crippen molar-refractivity contribution in [2.75, 3.05) is 17.7 Å². The van der Waals surface area contributed by atoms with Gasteiger partial charge in [0, 0.05) is 25.0 Å². The summed E-state index contributed by atoms with van der Waals surface area (Å²) >= 11 is 0. The number of ether oxygens (including phenoxy) is 1. The molecule has 0 fully saturated rings. The van der Waals surface area contributed by atoms with Crippen molar-refractivity contribution in [1.82, 2.24) is 19.5 Å². The molecule has 108 valence electrons. The van der Waals surface area contributed by atoms with Crippen molar-refractivity contribution >= 4 is 11.5 Å². The summed E-state index contributed by atoms with van der Waals surface area (Å²) in [5, 5.41) is 3.26. The van der Waals surface area contributed by atoms with E-state index in [1.165, 1.54) is 6.33 Å². The molecule has 0 aromatic carbocycles. The predicted molar refractivity (Wildman–Crippen MR) is 77.5 cm³/mol.